The van der Waals surface area contributed by atoms with Crippen molar-refractivity contribution in [2.75, 3.05) is 5.32 Å². The minimum Gasteiger partial charge on any atom is -0.356 e. The Labute approximate surface area is 215 Å². The first kappa shape index (κ1) is 24.5. The molecule has 2 aromatic rings. The lowest BCUT2D eigenvalue weighted by Crippen LogP contribution is -2.57. The molecule has 0 unspecified atom stereocenters. The highest BCUT2D eigenvalue weighted by molar-refractivity contribution is 6.30. The van der Waals surface area contributed by atoms with E-state index in [0.717, 1.165) is 5.56 Å². The number of rotatable bonds is 5. The van der Waals surface area contributed by atoms with E-state index in [-0.39, 0.29) is 24.3 Å². The molecule has 0 saturated carbocycles. The van der Waals surface area contributed by atoms with E-state index in [1.54, 1.807) is 36.1 Å². The zero-order chi connectivity index (χ0) is 25.9. The van der Waals surface area contributed by atoms with Crippen molar-refractivity contribution in [2.24, 2.45) is 11.8 Å². The number of para-hydroxylation sites is 1. The van der Waals surface area contributed by atoms with Gasteiger partial charge in [0, 0.05) is 22.8 Å². The molecule has 2 fully saturated rings. The summed E-state index contributed by atoms with van der Waals surface area (Å²) < 4.78 is 6.53. The van der Waals surface area contributed by atoms with E-state index < -0.39 is 34.6 Å². The highest BCUT2D eigenvalue weighted by atomic mass is 35.5. The number of fused-ring (bicyclic) bond motifs is 1. The standard InChI is InChI=1S/C28H30ClN3O4/c1-26(2,3)31-24(34)22-28-15-14-27(4,36-28)20(23(33)30-19-8-6-5-7-9-19)21(28)25(35)32(22)16-17-10-12-18(29)13-11-17/h5-15,20-22H,16H2,1-4H3,(H,30,33)(H,31,34)/t20-,21-,22-,27+,28-/m0/s1. The maximum absolute atomic E-state index is 14.1. The molecule has 3 aliphatic heterocycles. The molecule has 1 spiro atoms. The SMILES string of the molecule is CC(C)(C)NC(=O)[C@@H]1N(Cc2ccc(Cl)cc2)C(=O)[C@@H]2[C@@H](C(=O)Nc3ccccc3)[C@@]3(C)C=C[C@]21O3. The molecule has 3 amide bonds. The fourth-order valence-corrected chi connectivity index (χ4v) is 5.89. The summed E-state index contributed by atoms with van der Waals surface area (Å²) in [5.41, 5.74) is -1.31. The van der Waals surface area contributed by atoms with E-state index in [0.29, 0.717) is 10.7 Å². The van der Waals surface area contributed by atoms with Crippen LogP contribution in [-0.4, -0.2) is 45.4 Å². The molecule has 0 aliphatic carbocycles. The van der Waals surface area contributed by atoms with Crippen LogP contribution in [0.4, 0.5) is 5.69 Å². The molecule has 188 valence electrons. The number of amides is 3. The third kappa shape index (κ3) is 4.00. The van der Waals surface area contributed by atoms with E-state index in [1.807, 2.05) is 63.3 Å². The molecule has 0 aromatic heterocycles. The van der Waals surface area contributed by atoms with Gasteiger partial charge in [-0.2, -0.15) is 0 Å². The maximum Gasteiger partial charge on any atom is 0.246 e. The van der Waals surface area contributed by atoms with Crippen LogP contribution in [0.2, 0.25) is 5.02 Å². The third-order valence-corrected chi connectivity index (χ3v) is 7.39. The average Bonchev–Trinajstić information content (AvgIpc) is 3.36. The number of nitrogens with one attached hydrogen (secondary N) is 2. The second kappa shape index (κ2) is 8.46. The van der Waals surface area contributed by atoms with Crippen molar-refractivity contribution in [3.63, 3.8) is 0 Å². The summed E-state index contributed by atoms with van der Waals surface area (Å²) >= 11 is 6.05. The molecule has 36 heavy (non-hydrogen) atoms. The van der Waals surface area contributed by atoms with Crippen molar-refractivity contribution in [3.05, 3.63) is 77.3 Å². The number of hydrogen-bond donors (Lipinski definition) is 2. The van der Waals surface area contributed by atoms with Gasteiger partial charge in [0.15, 0.2) is 0 Å². The molecule has 3 aliphatic rings. The van der Waals surface area contributed by atoms with Crippen LogP contribution in [0, 0.1) is 11.8 Å². The number of hydrogen-bond acceptors (Lipinski definition) is 4. The van der Waals surface area contributed by atoms with Gasteiger partial charge in [-0.25, -0.2) is 0 Å². The Bertz CT molecular complexity index is 1240. The van der Waals surface area contributed by atoms with Crippen LogP contribution >= 0.6 is 11.6 Å². The molecule has 2 bridgehead atoms. The van der Waals surface area contributed by atoms with Gasteiger partial charge in [0.2, 0.25) is 17.7 Å². The molecule has 7 nitrogen and oxygen atoms in total. The quantitative estimate of drug-likeness (QED) is 0.600. The van der Waals surface area contributed by atoms with Crippen molar-refractivity contribution in [3.8, 4) is 0 Å². The lowest BCUT2D eigenvalue weighted by Gasteiger charge is -2.35. The summed E-state index contributed by atoms with van der Waals surface area (Å²) in [6.07, 6.45) is 3.64. The summed E-state index contributed by atoms with van der Waals surface area (Å²) in [4.78, 5) is 42.9. The van der Waals surface area contributed by atoms with E-state index in [4.69, 9.17) is 16.3 Å². The van der Waals surface area contributed by atoms with Gasteiger partial charge in [-0.1, -0.05) is 54.1 Å². The number of likely N-dealkylation sites (tertiary alicyclic amines) is 1. The fraction of sp³-hybridized carbons (Fsp3) is 0.393. The van der Waals surface area contributed by atoms with Gasteiger partial charge in [-0.05, 0) is 57.5 Å². The van der Waals surface area contributed by atoms with Crippen molar-refractivity contribution in [1.82, 2.24) is 10.2 Å². The zero-order valence-corrected chi connectivity index (χ0v) is 21.5. The lowest BCUT2D eigenvalue weighted by molar-refractivity contribution is -0.145. The first-order valence-corrected chi connectivity index (χ1v) is 12.4. The Kier molecular flexibility index (Phi) is 5.76. The van der Waals surface area contributed by atoms with Crippen LogP contribution < -0.4 is 10.6 Å². The van der Waals surface area contributed by atoms with Gasteiger partial charge in [0.1, 0.15) is 11.6 Å². The highest BCUT2D eigenvalue weighted by Crippen LogP contribution is 2.60. The van der Waals surface area contributed by atoms with Crippen LogP contribution in [0.15, 0.2) is 66.7 Å². The van der Waals surface area contributed by atoms with Gasteiger partial charge >= 0.3 is 0 Å². The molecule has 2 aromatic carbocycles. The maximum atomic E-state index is 14.1. The second-order valence-electron chi connectivity index (χ2n) is 11.0. The monoisotopic (exact) mass is 507 g/mol. The Hall–Kier alpha value is -3.16. The Morgan fingerprint density at radius 1 is 1.03 bits per heavy atom. The van der Waals surface area contributed by atoms with Gasteiger partial charge in [-0.3, -0.25) is 14.4 Å². The van der Waals surface area contributed by atoms with Crippen molar-refractivity contribution < 1.29 is 19.1 Å². The summed E-state index contributed by atoms with van der Waals surface area (Å²) in [6, 6.07) is 15.3. The van der Waals surface area contributed by atoms with Crippen molar-refractivity contribution in [2.45, 2.75) is 57.0 Å². The average molecular weight is 508 g/mol. The molecule has 2 saturated heterocycles. The van der Waals surface area contributed by atoms with Gasteiger partial charge < -0.3 is 20.3 Å². The summed E-state index contributed by atoms with van der Waals surface area (Å²) in [6.45, 7) is 7.67. The number of halogens is 1. The topological polar surface area (TPSA) is 87.7 Å². The largest absolute Gasteiger partial charge is 0.356 e. The molecule has 2 N–H and O–H groups in total. The van der Waals surface area contributed by atoms with Gasteiger partial charge in [0.05, 0.1) is 17.4 Å². The molecular formula is C28H30ClN3O4. The summed E-state index contributed by atoms with van der Waals surface area (Å²) in [5.74, 6) is -2.53. The third-order valence-electron chi connectivity index (χ3n) is 7.13. The molecule has 3 heterocycles. The highest BCUT2D eigenvalue weighted by Gasteiger charge is 2.76. The Balaban J connectivity index is 1.54. The number of nitrogens with zero attached hydrogens (tertiary/aromatic N) is 1. The summed E-state index contributed by atoms with van der Waals surface area (Å²) in [5, 5.41) is 6.55. The first-order valence-electron chi connectivity index (χ1n) is 12.1. The molecule has 5 rings (SSSR count). The predicted octanol–water partition coefficient (Wildman–Crippen LogP) is 3.93. The van der Waals surface area contributed by atoms with E-state index in [2.05, 4.69) is 10.6 Å². The van der Waals surface area contributed by atoms with Crippen molar-refractivity contribution >= 4 is 35.0 Å². The fourth-order valence-electron chi connectivity index (χ4n) is 5.77. The molecule has 8 heteroatoms. The van der Waals surface area contributed by atoms with Crippen molar-refractivity contribution in [1.29, 1.82) is 0 Å². The smallest absolute Gasteiger partial charge is 0.246 e. The number of anilines is 1. The minimum absolute atomic E-state index is 0.192. The number of ether oxygens (including phenoxy) is 1. The van der Waals surface area contributed by atoms with E-state index in [1.165, 1.54) is 0 Å². The van der Waals surface area contributed by atoms with Crippen LogP contribution in [-0.2, 0) is 25.7 Å². The Morgan fingerprint density at radius 3 is 2.33 bits per heavy atom. The number of benzene rings is 2. The number of carbonyl (C=O) groups excluding carboxylic acids is 3. The normalized spacial score (nSPS) is 30.4. The van der Waals surface area contributed by atoms with E-state index in [9.17, 15) is 14.4 Å². The minimum atomic E-state index is -1.24. The van der Waals surface area contributed by atoms with Crippen LogP contribution in [0.3, 0.4) is 0 Å². The second-order valence-corrected chi connectivity index (χ2v) is 11.5. The number of carbonyl (C=O) groups is 3. The summed E-state index contributed by atoms with van der Waals surface area (Å²) in [7, 11) is 0. The lowest BCUT2D eigenvalue weighted by atomic mass is 9.70. The van der Waals surface area contributed by atoms with Crippen LogP contribution in [0.1, 0.15) is 33.3 Å². The zero-order valence-electron chi connectivity index (χ0n) is 20.7. The van der Waals surface area contributed by atoms with Crippen LogP contribution in [0.25, 0.3) is 0 Å². The van der Waals surface area contributed by atoms with Gasteiger partial charge in [0.25, 0.3) is 0 Å². The first-order chi connectivity index (χ1) is 16.9. The molecule has 0 radical (unpaired) electrons. The van der Waals surface area contributed by atoms with Gasteiger partial charge in [-0.15, -0.1) is 0 Å². The van der Waals surface area contributed by atoms with Crippen LogP contribution in [0.5, 0.6) is 0 Å². The molecule has 5 atom stereocenters. The predicted molar refractivity (Wildman–Crippen MR) is 137 cm³/mol. The van der Waals surface area contributed by atoms with E-state index >= 15 is 0 Å². The Morgan fingerprint density at radius 2 is 1.69 bits per heavy atom. The molecular weight excluding hydrogens is 478 g/mol.